The standard InChI is InChI=1S/C22H29N3O/c1-15-11-17(26-4)13-20-21(15)22(2,3)18-12-16(5-6-19(18)24-20)14-25-9-7-23-8-10-25/h5-6,11-13,23-24H,7-10,14H2,1-4H3. The normalized spacial score (nSPS) is 18.6. The van der Waals surface area contributed by atoms with Gasteiger partial charge in [0, 0.05) is 55.6 Å². The predicted octanol–water partition coefficient (Wildman–Crippen LogP) is 3.79. The predicted molar refractivity (Wildman–Crippen MR) is 108 cm³/mol. The Morgan fingerprint density at radius 2 is 1.85 bits per heavy atom. The average molecular weight is 351 g/mol. The van der Waals surface area contributed by atoms with Gasteiger partial charge in [-0.2, -0.15) is 0 Å². The van der Waals surface area contributed by atoms with E-state index in [9.17, 15) is 0 Å². The second-order valence-corrected chi connectivity index (χ2v) is 8.02. The number of nitrogens with one attached hydrogen (secondary N) is 2. The molecule has 0 amide bonds. The Bertz CT molecular complexity index is 822. The lowest BCUT2D eigenvalue weighted by Crippen LogP contribution is -2.42. The molecular formula is C22H29N3O. The van der Waals surface area contributed by atoms with Crippen molar-refractivity contribution in [3.63, 3.8) is 0 Å². The Balaban J connectivity index is 1.70. The van der Waals surface area contributed by atoms with Gasteiger partial charge >= 0.3 is 0 Å². The zero-order valence-corrected chi connectivity index (χ0v) is 16.3. The van der Waals surface area contributed by atoms with Crippen molar-refractivity contribution in [1.82, 2.24) is 10.2 Å². The van der Waals surface area contributed by atoms with E-state index in [1.165, 1.54) is 27.9 Å². The zero-order chi connectivity index (χ0) is 18.3. The first kappa shape index (κ1) is 17.4. The van der Waals surface area contributed by atoms with Crippen LogP contribution < -0.4 is 15.4 Å². The summed E-state index contributed by atoms with van der Waals surface area (Å²) in [5.74, 6) is 0.906. The summed E-state index contributed by atoms with van der Waals surface area (Å²) in [4.78, 5) is 2.53. The fraction of sp³-hybridized carbons (Fsp3) is 0.455. The number of fused-ring (bicyclic) bond motifs is 2. The second kappa shape index (κ2) is 6.60. The number of aryl methyl sites for hydroxylation is 1. The van der Waals surface area contributed by atoms with E-state index in [4.69, 9.17) is 4.74 Å². The van der Waals surface area contributed by atoms with Crippen molar-refractivity contribution in [2.75, 3.05) is 38.6 Å². The van der Waals surface area contributed by atoms with Gasteiger partial charge in [-0.05, 0) is 41.3 Å². The lowest BCUT2D eigenvalue weighted by atomic mass is 9.72. The van der Waals surface area contributed by atoms with Crippen molar-refractivity contribution < 1.29 is 4.74 Å². The first-order valence-corrected chi connectivity index (χ1v) is 9.51. The van der Waals surface area contributed by atoms with E-state index in [0.29, 0.717) is 0 Å². The topological polar surface area (TPSA) is 36.5 Å². The van der Waals surface area contributed by atoms with Gasteiger partial charge in [-0.15, -0.1) is 0 Å². The summed E-state index contributed by atoms with van der Waals surface area (Å²) in [5.41, 5.74) is 7.75. The molecule has 2 aliphatic heterocycles. The van der Waals surface area contributed by atoms with Crippen LogP contribution in [0.1, 0.15) is 36.1 Å². The quantitative estimate of drug-likeness (QED) is 0.882. The molecule has 2 aromatic carbocycles. The van der Waals surface area contributed by atoms with Gasteiger partial charge in [0.25, 0.3) is 0 Å². The van der Waals surface area contributed by atoms with E-state index < -0.39 is 0 Å². The summed E-state index contributed by atoms with van der Waals surface area (Å²) in [6.45, 7) is 12.3. The highest BCUT2D eigenvalue weighted by Gasteiger charge is 2.34. The molecule has 1 fully saturated rings. The van der Waals surface area contributed by atoms with Crippen molar-refractivity contribution in [2.45, 2.75) is 32.7 Å². The van der Waals surface area contributed by atoms with Gasteiger partial charge in [0.1, 0.15) is 5.75 Å². The molecule has 4 nitrogen and oxygen atoms in total. The number of benzene rings is 2. The SMILES string of the molecule is COc1cc(C)c2c(c1)Nc1ccc(CN3CCNCC3)cc1C2(C)C. The number of nitrogens with zero attached hydrogens (tertiary/aromatic N) is 1. The number of rotatable bonds is 3. The molecule has 0 aromatic heterocycles. The van der Waals surface area contributed by atoms with Crippen molar-refractivity contribution >= 4 is 11.4 Å². The van der Waals surface area contributed by atoms with E-state index in [1.807, 2.05) is 0 Å². The highest BCUT2D eigenvalue weighted by Crippen LogP contribution is 2.48. The van der Waals surface area contributed by atoms with Gasteiger partial charge in [-0.1, -0.05) is 26.0 Å². The van der Waals surface area contributed by atoms with Crippen LogP contribution in [0.2, 0.25) is 0 Å². The highest BCUT2D eigenvalue weighted by atomic mass is 16.5. The van der Waals surface area contributed by atoms with Crippen molar-refractivity contribution in [3.05, 3.63) is 52.6 Å². The van der Waals surface area contributed by atoms with Crippen LogP contribution >= 0.6 is 0 Å². The van der Waals surface area contributed by atoms with Crippen molar-refractivity contribution in [3.8, 4) is 5.75 Å². The molecule has 4 heteroatoms. The van der Waals surface area contributed by atoms with Crippen LogP contribution in [0.4, 0.5) is 11.4 Å². The minimum absolute atomic E-state index is 0.0360. The molecule has 0 spiro atoms. The number of hydrogen-bond acceptors (Lipinski definition) is 4. The molecule has 26 heavy (non-hydrogen) atoms. The molecule has 2 aromatic rings. The number of ether oxygens (including phenoxy) is 1. The van der Waals surface area contributed by atoms with Crippen molar-refractivity contribution in [1.29, 1.82) is 0 Å². The third-order valence-electron chi connectivity index (χ3n) is 5.81. The summed E-state index contributed by atoms with van der Waals surface area (Å²) in [5, 5.41) is 7.07. The molecule has 0 aliphatic carbocycles. The van der Waals surface area contributed by atoms with E-state index in [0.717, 1.165) is 44.2 Å². The van der Waals surface area contributed by atoms with Crippen LogP contribution in [0.25, 0.3) is 0 Å². The number of anilines is 2. The van der Waals surface area contributed by atoms with E-state index in [1.54, 1.807) is 7.11 Å². The van der Waals surface area contributed by atoms with Gasteiger partial charge in [0.05, 0.1) is 7.11 Å². The van der Waals surface area contributed by atoms with Gasteiger partial charge in [0.15, 0.2) is 0 Å². The molecule has 0 unspecified atom stereocenters. The Hall–Kier alpha value is -2.04. The maximum atomic E-state index is 5.47. The van der Waals surface area contributed by atoms with E-state index >= 15 is 0 Å². The monoisotopic (exact) mass is 351 g/mol. The summed E-state index contributed by atoms with van der Waals surface area (Å²) >= 11 is 0. The molecule has 1 saturated heterocycles. The molecule has 0 saturated carbocycles. The van der Waals surface area contributed by atoms with Crippen molar-refractivity contribution in [2.24, 2.45) is 0 Å². The highest BCUT2D eigenvalue weighted by molar-refractivity contribution is 5.78. The smallest absolute Gasteiger partial charge is 0.121 e. The maximum Gasteiger partial charge on any atom is 0.121 e. The van der Waals surface area contributed by atoms with Gasteiger partial charge in [0.2, 0.25) is 0 Å². The summed E-state index contributed by atoms with van der Waals surface area (Å²) in [6, 6.07) is 11.2. The second-order valence-electron chi connectivity index (χ2n) is 8.02. The molecule has 4 rings (SSSR count). The van der Waals surface area contributed by atoms with Crippen LogP contribution in [0.5, 0.6) is 5.75 Å². The molecule has 2 heterocycles. The molecular weight excluding hydrogens is 322 g/mol. The molecule has 2 aliphatic rings. The minimum atomic E-state index is -0.0360. The third kappa shape index (κ3) is 2.97. The Labute approximate surface area is 156 Å². The third-order valence-corrected chi connectivity index (χ3v) is 5.81. The first-order chi connectivity index (χ1) is 12.5. The zero-order valence-electron chi connectivity index (χ0n) is 16.3. The van der Waals surface area contributed by atoms with Crippen LogP contribution in [-0.2, 0) is 12.0 Å². The van der Waals surface area contributed by atoms with Gasteiger partial charge < -0.3 is 15.4 Å². The maximum absolute atomic E-state index is 5.47. The molecule has 0 radical (unpaired) electrons. The lowest BCUT2D eigenvalue weighted by Gasteiger charge is -2.38. The largest absolute Gasteiger partial charge is 0.497 e. The van der Waals surface area contributed by atoms with Crippen LogP contribution in [-0.4, -0.2) is 38.2 Å². The van der Waals surface area contributed by atoms with E-state index in [2.05, 4.69) is 66.6 Å². The summed E-state index contributed by atoms with van der Waals surface area (Å²) in [6.07, 6.45) is 0. The lowest BCUT2D eigenvalue weighted by molar-refractivity contribution is 0.233. The first-order valence-electron chi connectivity index (χ1n) is 9.51. The van der Waals surface area contributed by atoms with Gasteiger partial charge in [-0.25, -0.2) is 0 Å². The molecule has 0 bridgehead atoms. The number of methoxy groups -OCH3 is 1. The average Bonchev–Trinajstić information content (AvgIpc) is 2.62. The van der Waals surface area contributed by atoms with Gasteiger partial charge in [-0.3, -0.25) is 4.90 Å². The van der Waals surface area contributed by atoms with E-state index in [-0.39, 0.29) is 5.41 Å². The number of piperazine rings is 1. The fourth-order valence-electron chi connectivity index (χ4n) is 4.52. The Kier molecular flexibility index (Phi) is 4.41. The summed E-state index contributed by atoms with van der Waals surface area (Å²) < 4.78 is 5.47. The van der Waals surface area contributed by atoms with Crippen LogP contribution in [0.3, 0.4) is 0 Å². The number of hydrogen-bond donors (Lipinski definition) is 2. The molecule has 0 atom stereocenters. The van der Waals surface area contributed by atoms with Crippen LogP contribution in [0, 0.1) is 6.92 Å². The molecule has 2 N–H and O–H groups in total. The van der Waals surface area contributed by atoms with Crippen LogP contribution in [0.15, 0.2) is 30.3 Å². The Morgan fingerprint density at radius 1 is 1.08 bits per heavy atom. The Morgan fingerprint density at radius 3 is 2.58 bits per heavy atom. The minimum Gasteiger partial charge on any atom is -0.497 e. The molecule has 138 valence electrons. The fourth-order valence-corrected chi connectivity index (χ4v) is 4.52. The summed E-state index contributed by atoms with van der Waals surface area (Å²) in [7, 11) is 1.73.